The summed E-state index contributed by atoms with van der Waals surface area (Å²) in [6.07, 6.45) is 91.3. The number of carbonyl (C=O) groups excluding carboxylic acids is 3. The van der Waals surface area contributed by atoms with Gasteiger partial charge in [0.1, 0.15) is 13.2 Å². The van der Waals surface area contributed by atoms with Crippen LogP contribution in [0, 0.1) is 0 Å². The van der Waals surface area contributed by atoms with E-state index in [1.165, 1.54) is 77.0 Å². The van der Waals surface area contributed by atoms with Crippen LogP contribution in [0.4, 0.5) is 0 Å². The van der Waals surface area contributed by atoms with E-state index >= 15 is 0 Å². The molecular weight excluding hydrogens is 949 g/mol. The molecule has 0 aromatic rings. The molecule has 0 fully saturated rings. The number of hydrogen-bond donors (Lipinski definition) is 0. The van der Waals surface area contributed by atoms with E-state index in [1.807, 2.05) is 0 Å². The molecule has 0 saturated carbocycles. The van der Waals surface area contributed by atoms with Gasteiger partial charge in [-0.05, 0) is 141 Å². The van der Waals surface area contributed by atoms with Gasteiger partial charge in [-0.25, -0.2) is 0 Å². The minimum Gasteiger partial charge on any atom is -0.462 e. The first-order valence-electron chi connectivity index (χ1n) is 31.3. The monoisotopic (exact) mass is 1060 g/mol. The second kappa shape index (κ2) is 63.8. The number of rotatable bonds is 55. The molecule has 0 N–H and O–H groups in total. The van der Waals surface area contributed by atoms with Crippen LogP contribution in [0.5, 0.6) is 0 Å². The van der Waals surface area contributed by atoms with Gasteiger partial charge in [0.05, 0.1) is 0 Å². The lowest BCUT2D eigenvalue weighted by Crippen LogP contribution is -2.30. The van der Waals surface area contributed by atoms with Gasteiger partial charge < -0.3 is 14.2 Å². The van der Waals surface area contributed by atoms with Crippen LogP contribution >= 0.6 is 0 Å². The molecule has 0 spiro atoms. The molecule has 6 nitrogen and oxygen atoms in total. The molecule has 0 aliphatic rings. The summed E-state index contributed by atoms with van der Waals surface area (Å²) >= 11 is 0. The maximum Gasteiger partial charge on any atom is 0.306 e. The second-order valence-electron chi connectivity index (χ2n) is 20.2. The van der Waals surface area contributed by atoms with Gasteiger partial charge in [-0.1, -0.05) is 250 Å². The molecular formula is C71H114O6. The van der Waals surface area contributed by atoms with Crippen LogP contribution < -0.4 is 0 Å². The van der Waals surface area contributed by atoms with E-state index in [0.717, 1.165) is 141 Å². The molecule has 1 unspecified atom stereocenters. The van der Waals surface area contributed by atoms with Crippen molar-refractivity contribution in [1.29, 1.82) is 0 Å². The highest BCUT2D eigenvalue weighted by atomic mass is 16.6. The maximum absolute atomic E-state index is 12.9. The Balaban J connectivity index is 4.45. The predicted octanol–water partition coefficient (Wildman–Crippen LogP) is 21.5. The van der Waals surface area contributed by atoms with Crippen LogP contribution in [0.25, 0.3) is 0 Å². The number of allylic oxidation sites excluding steroid dienone is 24. The molecule has 77 heavy (non-hydrogen) atoms. The molecule has 434 valence electrons. The van der Waals surface area contributed by atoms with Crippen molar-refractivity contribution in [3.63, 3.8) is 0 Å². The molecule has 1 atom stereocenters. The van der Waals surface area contributed by atoms with Gasteiger partial charge in [0.15, 0.2) is 6.10 Å². The van der Waals surface area contributed by atoms with Crippen LogP contribution in [-0.2, 0) is 28.6 Å². The van der Waals surface area contributed by atoms with Crippen LogP contribution in [0.3, 0.4) is 0 Å². The summed E-state index contributed by atoms with van der Waals surface area (Å²) in [6, 6.07) is 0. The Hall–Kier alpha value is -4.71. The van der Waals surface area contributed by atoms with Gasteiger partial charge in [-0.2, -0.15) is 0 Å². The third-order valence-corrected chi connectivity index (χ3v) is 12.8. The van der Waals surface area contributed by atoms with E-state index in [9.17, 15) is 14.4 Å². The summed E-state index contributed by atoms with van der Waals surface area (Å²) in [6.45, 7) is 6.33. The van der Waals surface area contributed by atoms with E-state index in [1.54, 1.807) is 0 Å². The van der Waals surface area contributed by atoms with E-state index in [-0.39, 0.29) is 31.1 Å². The standard InChI is InChI=1S/C71H114O6/c1-4-7-10-13-16-19-22-25-28-30-32-33-34-35-36-37-39-40-43-46-49-52-55-58-61-64-70(73)76-67-68(66-75-69(72)63-60-57-54-51-48-45-42-27-24-21-18-15-12-9-6-3)77-71(74)65-62-59-56-53-50-47-44-41-38-31-29-26-23-20-17-14-11-8-5-2/h7,9-10,12,16-21,25-29,32-33,35-36,38,41-42,48,51,68H,4-6,8,11,13-15,22-24,30-31,34,37,39-40,43-47,49-50,52-67H2,1-3H3/b10-7-,12-9-,19-16-,20-17-,21-18-,28-25-,29-26-,33-32-,36-35-,41-38-,42-27-,51-48-. The van der Waals surface area contributed by atoms with Crippen molar-refractivity contribution < 1.29 is 28.6 Å². The maximum atomic E-state index is 12.9. The number of ether oxygens (including phenoxy) is 3. The SMILES string of the molecule is CC/C=C\C/C=C\C/C=C\C/C=C\C/C=C\CCCCCCCCCCCC(=O)OCC(COC(=O)CCCC/C=C\C/C=C\C/C=C\C/C=C\CC)OC(=O)CCCCCCCC/C=C\C/C=C\C/C=C\CCCCC. The fourth-order valence-electron chi connectivity index (χ4n) is 8.17. The summed E-state index contributed by atoms with van der Waals surface area (Å²) < 4.78 is 16.9. The van der Waals surface area contributed by atoms with E-state index in [4.69, 9.17) is 14.2 Å². The van der Waals surface area contributed by atoms with Crippen LogP contribution in [0.15, 0.2) is 146 Å². The van der Waals surface area contributed by atoms with Gasteiger partial charge >= 0.3 is 17.9 Å². The minimum absolute atomic E-state index is 0.105. The third kappa shape index (κ3) is 62.0. The quantitative estimate of drug-likeness (QED) is 0.0261. The van der Waals surface area contributed by atoms with Gasteiger partial charge in [0, 0.05) is 19.3 Å². The molecule has 0 rings (SSSR count). The van der Waals surface area contributed by atoms with Crippen molar-refractivity contribution in [2.24, 2.45) is 0 Å². The third-order valence-electron chi connectivity index (χ3n) is 12.8. The van der Waals surface area contributed by atoms with E-state index < -0.39 is 6.10 Å². The fraction of sp³-hybridized carbons (Fsp3) is 0.620. The molecule has 6 heteroatoms. The van der Waals surface area contributed by atoms with Gasteiger partial charge in [-0.15, -0.1) is 0 Å². The number of carbonyl (C=O) groups is 3. The lowest BCUT2D eigenvalue weighted by Gasteiger charge is -2.18. The topological polar surface area (TPSA) is 78.9 Å². The van der Waals surface area contributed by atoms with Crippen molar-refractivity contribution >= 4 is 17.9 Å². The largest absolute Gasteiger partial charge is 0.462 e. The summed E-state index contributed by atoms with van der Waals surface area (Å²) in [5, 5.41) is 0. The van der Waals surface area contributed by atoms with Crippen molar-refractivity contribution in [3.05, 3.63) is 146 Å². The Morgan fingerprint density at radius 3 is 0.818 bits per heavy atom. The molecule has 0 radical (unpaired) electrons. The van der Waals surface area contributed by atoms with Crippen molar-refractivity contribution in [2.75, 3.05) is 13.2 Å². The van der Waals surface area contributed by atoms with Gasteiger partial charge in [-0.3, -0.25) is 14.4 Å². The van der Waals surface area contributed by atoms with Crippen molar-refractivity contribution in [2.45, 2.75) is 271 Å². The zero-order chi connectivity index (χ0) is 55.7. The van der Waals surface area contributed by atoms with Crippen LogP contribution in [-0.4, -0.2) is 37.2 Å². The summed E-state index contributed by atoms with van der Waals surface area (Å²) in [5.74, 6) is -0.968. The van der Waals surface area contributed by atoms with Gasteiger partial charge in [0.25, 0.3) is 0 Å². The average molecular weight is 1060 g/mol. The van der Waals surface area contributed by atoms with Crippen LogP contribution in [0.2, 0.25) is 0 Å². The average Bonchev–Trinajstić information content (AvgIpc) is 3.43. The lowest BCUT2D eigenvalue weighted by atomic mass is 10.1. The molecule has 0 aromatic heterocycles. The normalized spacial score (nSPS) is 13.1. The first kappa shape index (κ1) is 72.3. The summed E-state index contributed by atoms with van der Waals surface area (Å²) in [7, 11) is 0. The van der Waals surface area contributed by atoms with Gasteiger partial charge in [0.2, 0.25) is 0 Å². The fourth-order valence-corrected chi connectivity index (χ4v) is 8.17. The molecule has 0 amide bonds. The molecule has 0 aliphatic heterocycles. The number of esters is 3. The Labute approximate surface area is 474 Å². The molecule has 0 saturated heterocycles. The minimum atomic E-state index is -0.812. The Morgan fingerprint density at radius 2 is 0.506 bits per heavy atom. The second-order valence-corrected chi connectivity index (χ2v) is 20.2. The van der Waals surface area contributed by atoms with E-state index in [0.29, 0.717) is 25.7 Å². The predicted molar refractivity (Wildman–Crippen MR) is 334 cm³/mol. The highest BCUT2D eigenvalue weighted by molar-refractivity contribution is 5.71. The van der Waals surface area contributed by atoms with Crippen molar-refractivity contribution in [3.8, 4) is 0 Å². The number of unbranched alkanes of at least 4 members (excludes halogenated alkanes) is 20. The van der Waals surface area contributed by atoms with Crippen LogP contribution in [0.1, 0.15) is 265 Å². The van der Waals surface area contributed by atoms with E-state index in [2.05, 4.69) is 167 Å². The molecule has 0 heterocycles. The zero-order valence-corrected chi connectivity index (χ0v) is 49.7. The smallest absolute Gasteiger partial charge is 0.306 e. The lowest BCUT2D eigenvalue weighted by molar-refractivity contribution is -0.167. The zero-order valence-electron chi connectivity index (χ0n) is 49.7. The highest BCUT2D eigenvalue weighted by Gasteiger charge is 2.19. The Morgan fingerprint density at radius 1 is 0.273 bits per heavy atom. The summed E-state index contributed by atoms with van der Waals surface area (Å²) in [5.41, 5.74) is 0. The molecule has 0 aliphatic carbocycles. The highest BCUT2D eigenvalue weighted by Crippen LogP contribution is 2.14. The Kier molecular flexibility index (Phi) is 59.9. The first-order chi connectivity index (χ1) is 38.0. The molecule has 0 bridgehead atoms. The molecule has 0 aromatic carbocycles. The number of hydrogen-bond acceptors (Lipinski definition) is 6. The first-order valence-corrected chi connectivity index (χ1v) is 31.3. The Bertz CT molecular complexity index is 1700. The summed E-state index contributed by atoms with van der Waals surface area (Å²) in [4.78, 5) is 38.3. The van der Waals surface area contributed by atoms with Crippen molar-refractivity contribution in [1.82, 2.24) is 0 Å².